The molecule has 0 saturated carbocycles. The van der Waals surface area contributed by atoms with Gasteiger partial charge in [-0.3, -0.25) is 4.79 Å². The number of hydrogen-bond donors (Lipinski definition) is 0. The van der Waals surface area contributed by atoms with Gasteiger partial charge in [-0.15, -0.1) is 0 Å². The number of amides is 1. The fraction of sp³-hybridized carbons (Fsp3) is 0.474. The van der Waals surface area contributed by atoms with Gasteiger partial charge in [0.05, 0.1) is 18.2 Å². The standard InChI is InChI=1S/C19H24N2O2/c1-3-16-15(18(4-2)23-20-16)13-19(22)21-12-8-11-17(21)14-9-6-5-7-10-14/h5-7,9-10,17H,3-4,8,11-13H2,1-2H3. The quantitative estimate of drug-likeness (QED) is 0.845. The lowest BCUT2D eigenvalue weighted by Gasteiger charge is -2.25. The number of nitrogens with zero attached hydrogens (tertiary/aromatic N) is 2. The minimum Gasteiger partial charge on any atom is -0.361 e. The van der Waals surface area contributed by atoms with Crippen molar-refractivity contribution in [1.82, 2.24) is 10.1 Å². The molecule has 2 heterocycles. The fourth-order valence-corrected chi connectivity index (χ4v) is 3.48. The maximum Gasteiger partial charge on any atom is 0.227 e. The van der Waals surface area contributed by atoms with Crippen LogP contribution < -0.4 is 0 Å². The number of aryl methyl sites for hydroxylation is 2. The Bertz CT molecular complexity index is 642. The van der Waals surface area contributed by atoms with Gasteiger partial charge in [0.1, 0.15) is 5.76 Å². The van der Waals surface area contributed by atoms with E-state index in [0.717, 1.165) is 49.2 Å². The maximum absolute atomic E-state index is 12.9. The topological polar surface area (TPSA) is 46.3 Å². The van der Waals surface area contributed by atoms with Crippen LogP contribution in [0.5, 0.6) is 0 Å². The van der Waals surface area contributed by atoms with Gasteiger partial charge in [0, 0.05) is 18.5 Å². The van der Waals surface area contributed by atoms with Gasteiger partial charge in [0.15, 0.2) is 0 Å². The fourth-order valence-electron chi connectivity index (χ4n) is 3.48. The Balaban J connectivity index is 1.79. The van der Waals surface area contributed by atoms with E-state index >= 15 is 0 Å². The molecular formula is C19H24N2O2. The first-order valence-electron chi connectivity index (χ1n) is 8.55. The summed E-state index contributed by atoms with van der Waals surface area (Å²) in [7, 11) is 0. The number of likely N-dealkylation sites (tertiary alicyclic amines) is 1. The zero-order valence-corrected chi connectivity index (χ0v) is 13.9. The van der Waals surface area contributed by atoms with Crippen LogP contribution in [0.15, 0.2) is 34.9 Å². The molecule has 1 atom stereocenters. The average Bonchev–Trinajstić information content (AvgIpc) is 3.22. The molecule has 2 aromatic rings. The highest BCUT2D eigenvalue weighted by Gasteiger charge is 2.31. The molecular weight excluding hydrogens is 288 g/mol. The van der Waals surface area contributed by atoms with Crippen molar-refractivity contribution in [2.75, 3.05) is 6.54 Å². The number of rotatable bonds is 5. The SMILES string of the molecule is CCc1noc(CC)c1CC(=O)N1CCCC1c1ccccc1. The molecule has 1 amide bonds. The van der Waals surface area contributed by atoms with Crippen molar-refractivity contribution in [1.29, 1.82) is 0 Å². The van der Waals surface area contributed by atoms with E-state index in [1.165, 1.54) is 5.56 Å². The Kier molecular flexibility index (Phi) is 4.79. The molecule has 23 heavy (non-hydrogen) atoms. The second-order valence-corrected chi connectivity index (χ2v) is 6.07. The minimum absolute atomic E-state index is 0.184. The lowest BCUT2D eigenvalue weighted by Crippen LogP contribution is -2.32. The molecule has 3 rings (SSSR count). The lowest BCUT2D eigenvalue weighted by atomic mass is 10.0. The normalized spacial score (nSPS) is 17.7. The van der Waals surface area contributed by atoms with Crippen LogP contribution in [0.3, 0.4) is 0 Å². The number of aromatic nitrogens is 1. The average molecular weight is 312 g/mol. The second-order valence-electron chi connectivity index (χ2n) is 6.07. The molecule has 1 unspecified atom stereocenters. The summed E-state index contributed by atoms with van der Waals surface area (Å²) in [6, 6.07) is 10.5. The highest BCUT2D eigenvalue weighted by atomic mass is 16.5. The Labute approximate surface area is 137 Å². The van der Waals surface area contributed by atoms with Crippen molar-refractivity contribution in [2.45, 2.75) is 52.0 Å². The van der Waals surface area contributed by atoms with E-state index in [0.29, 0.717) is 6.42 Å². The zero-order valence-electron chi connectivity index (χ0n) is 13.9. The highest BCUT2D eigenvalue weighted by Crippen LogP contribution is 2.32. The molecule has 0 bridgehead atoms. The molecule has 1 aromatic carbocycles. The van der Waals surface area contributed by atoms with E-state index in [1.807, 2.05) is 36.9 Å². The van der Waals surface area contributed by atoms with Gasteiger partial charge in [-0.25, -0.2) is 0 Å². The lowest BCUT2D eigenvalue weighted by molar-refractivity contribution is -0.131. The predicted molar refractivity (Wildman–Crippen MR) is 89.1 cm³/mol. The largest absolute Gasteiger partial charge is 0.361 e. The van der Waals surface area contributed by atoms with E-state index in [2.05, 4.69) is 17.3 Å². The monoisotopic (exact) mass is 312 g/mol. The maximum atomic E-state index is 12.9. The number of carbonyl (C=O) groups is 1. The third-order valence-electron chi connectivity index (χ3n) is 4.69. The summed E-state index contributed by atoms with van der Waals surface area (Å²) >= 11 is 0. The summed E-state index contributed by atoms with van der Waals surface area (Å²) in [4.78, 5) is 14.9. The minimum atomic E-state index is 0.184. The summed E-state index contributed by atoms with van der Waals surface area (Å²) in [6.45, 7) is 4.93. The number of benzene rings is 1. The Morgan fingerprint density at radius 1 is 1.26 bits per heavy atom. The van der Waals surface area contributed by atoms with Crippen LogP contribution in [0, 0.1) is 0 Å². The molecule has 0 radical (unpaired) electrons. The zero-order chi connectivity index (χ0) is 16.2. The van der Waals surface area contributed by atoms with Crippen LogP contribution in [0.25, 0.3) is 0 Å². The van der Waals surface area contributed by atoms with Crippen LogP contribution in [0.4, 0.5) is 0 Å². The first-order chi connectivity index (χ1) is 11.2. The molecule has 0 N–H and O–H groups in total. The van der Waals surface area contributed by atoms with Crippen LogP contribution in [0.2, 0.25) is 0 Å². The molecule has 1 aromatic heterocycles. The Morgan fingerprint density at radius 3 is 2.74 bits per heavy atom. The molecule has 0 spiro atoms. The van der Waals surface area contributed by atoms with Crippen LogP contribution in [0.1, 0.15) is 55.3 Å². The van der Waals surface area contributed by atoms with Crippen molar-refractivity contribution < 1.29 is 9.32 Å². The van der Waals surface area contributed by atoms with E-state index in [-0.39, 0.29) is 11.9 Å². The van der Waals surface area contributed by atoms with Gasteiger partial charge in [-0.05, 0) is 24.8 Å². The molecule has 122 valence electrons. The van der Waals surface area contributed by atoms with Gasteiger partial charge in [-0.1, -0.05) is 49.3 Å². The smallest absolute Gasteiger partial charge is 0.227 e. The molecule has 1 aliphatic rings. The van der Waals surface area contributed by atoms with Crippen molar-refractivity contribution in [3.8, 4) is 0 Å². The van der Waals surface area contributed by atoms with Crippen molar-refractivity contribution in [3.05, 3.63) is 52.9 Å². The molecule has 0 aliphatic carbocycles. The summed E-state index contributed by atoms with van der Waals surface area (Å²) in [6.07, 6.45) is 4.09. The summed E-state index contributed by atoms with van der Waals surface area (Å²) in [5.41, 5.74) is 3.15. The number of carbonyl (C=O) groups excluding carboxylic acids is 1. The Hall–Kier alpha value is -2.10. The highest BCUT2D eigenvalue weighted by molar-refractivity contribution is 5.80. The second kappa shape index (κ2) is 6.99. The van der Waals surface area contributed by atoms with Crippen LogP contribution >= 0.6 is 0 Å². The van der Waals surface area contributed by atoms with E-state index in [4.69, 9.17) is 4.52 Å². The third-order valence-corrected chi connectivity index (χ3v) is 4.69. The summed E-state index contributed by atoms with van der Waals surface area (Å²) in [5.74, 6) is 1.04. The van der Waals surface area contributed by atoms with E-state index in [9.17, 15) is 4.79 Å². The summed E-state index contributed by atoms with van der Waals surface area (Å²) in [5, 5.41) is 4.12. The van der Waals surface area contributed by atoms with Gasteiger partial charge < -0.3 is 9.42 Å². The first-order valence-corrected chi connectivity index (χ1v) is 8.55. The van der Waals surface area contributed by atoms with E-state index < -0.39 is 0 Å². The summed E-state index contributed by atoms with van der Waals surface area (Å²) < 4.78 is 5.39. The van der Waals surface area contributed by atoms with E-state index in [1.54, 1.807) is 0 Å². The predicted octanol–water partition coefficient (Wildman–Crippen LogP) is 3.71. The van der Waals surface area contributed by atoms with Crippen LogP contribution in [-0.4, -0.2) is 22.5 Å². The van der Waals surface area contributed by atoms with Gasteiger partial charge >= 0.3 is 0 Å². The molecule has 4 nitrogen and oxygen atoms in total. The van der Waals surface area contributed by atoms with Crippen molar-refractivity contribution in [2.24, 2.45) is 0 Å². The molecule has 1 fully saturated rings. The molecule has 1 aliphatic heterocycles. The van der Waals surface area contributed by atoms with Crippen molar-refractivity contribution >= 4 is 5.91 Å². The molecule has 1 saturated heterocycles. The first kappa shape index (κ1) is 15.8. The van der Waals surface area contributed by atoms with Crippen molar-refractivity contribution in [3.63, 3.8) is 0 Å². The number of hydrogen-bond acceptors (Lipinski definition) is 3. The molecule has 4 heteroatoms. The van der Waals surface area contributed by atoms with Gasteiger partial charge in [0.25, 0.3) is 0 Å². The third kappa shape index (κ3) is 3.16. The van der Waals surface area contributed by atoms with Crippen LogP contribution in [-0.2, 0) is 24.1 Å². The van der Waals surface area contributed by atoms with Gasteiger partial charge in [-0.2, -0.15) is 0 Å². The Morgan fingerprint density at radius 2 is 2.04 bits per heavy atom. The van der Waals surface area contributed by atoms with Gasteiger partial charge in [0.2, 0.25) is 5.91 Å².